The molecule has 0 bridgehead atoms. The number of carbonyl (C=O) groups is 1. The number of carboxylic acid groups (broad SMARTS) is 1. The minimum absolute atomic E-state index is 0.281. The minimum Gasteiger partial charge on any atom is -0.464 e. The van der Waals surface area contributed by atoms with Gasteiger partial charge in [0.1, 0.15) is 0 Å². The van der Waals surface area contributed by atoms with E-state index in [4.69, 9.17) is 34.8 Å². The van der Waals surface area contributed by atoms with E-state index in [1.165, 1.54) is 12.1 Å². The van der Waals surface area contributed by atoms with E-state index in [1.807, 2.05) is 0 Å². The number of halogens is 3. The van der Waals surface area contributed by atoms with Crippen LogP contribution in [-0.2, 0) is 0 Å². The third-order valence-electron chi connectivity index (χ3n) is 2.41. The molecule has 0 radical (unpaired) electrons. The Bertz CT molecular complexity index is 631. The van der Waals surface area contributed by atoms with E-state index in [0.29, 0.717) is 15.7 Å². The van der Waals surface area contributed by atoms with Gasteiger partial charge in [0.05, 0.1) is 16.4 Å². The van der Waals surface area contributed by atoms with Gasteiger partial charge in [-0.1, -0.05) is 40.9 Å². The van der Waals surface area contributed by atoms with Crippen molar-refractivity contribution >= 4 is 52.3 Å². The van der Waals surface area contributed by atoms with Crippen LogP contribution < -0.4 is 4.90 Å². The highest BCUT2D eigenvalue weighted by Crippen LogP contribution is 2.35. The van der Waals surface area contributed by atoms with Gasteiger partial charge in [-0.25, -0.2) is 9.69 Å². The van der Waals surface area contributed by atoms with E-state index in [2.05, 4.69) is 0 Å². The van der Waals surface area contributed by atoms with Gasteiger partial charge < -0.3 is 5.11 Å². The van der Waals surface area contributed by atoms with Crippen LogP contribution in [0.3, 0.4) is 0 Å². The van der Waals surface area contributed by atoms with Gasteiger partial charge in [-0.05, 0) is 36.4 Å². The van der Waals surface area contributed by atoms with Crippen molar-refractivity contribution in [2.45, 2.75) is 0 Å². The molecule has 0 saturated heterocycles. The normalized spacial score (nSPS) is 10.3. The Labute approximate surface area is 124 Å². The Morgan fingerprint density at radius 3 is 2.32 bits per heavy atom. The summed E-state index contributed by atoms with van der Waals surface area (Å²) >= 11 is 17.8. The van der Waals surface area contributed by atoms with E-state index >= 15 is 0 Å². The minimum atomic E-state index is -1.17. The standard InChI is InChI=1S/C13H8Cl3NO2/c14-8-2-1-3-10(6-8)17(13(18)19)12-7-9(15)4-5-11(12)16/h1-7H,(H,18,19). The zero-order valence-electron chi connectivity index (χ0n) is 9.48. The number of nitrogens with zero attached hydrogens (tertiary/aromatic N) is 1. The van der Waals surface area contributed by atoms with Crippen molar-refractivity contribution in [2.24, 2.45) is 0 Å². The molecule has 0 spiro atoms. The van der Waals surface area contributed by atoms with Gasteiger partial charge >= 0.3 is 6.09 Å². The van der Waals surface area contributed by atoms with Crippen LogP contribution in [-0.4, -0.2) is 11.2 Å². The number of rotatable bonds is 2. The number of hydrogen-bond acceptors (Lipinski definition) is 1. The molecule has 19 heavy (non-hydrogen) atoms. The maximum absolute atomic E-state index is 11.5. The molecule has 2 rings (SSSR count). The molecular formula is C13H8Cl3NO2. The van der Waals surface area contributed by atoms with Crippen LogP contribution in [0.5, 0.6) is 0 Å². The molecule has 6 heteroatoms. The van der Waals surface area contributed by atoms with Gasteiger partial charge in [0.25, 0.3) is 0 Å². The van der Waals surface area contributed by atoms with Gasteiger partial charge in [-0.2, -0.15) is 0 Å². The van der Waals surface area contributed by atoms with Crippen LogP contribution in [0.15, 0.2) is 42.5 Å². The summed E-state index contributed by atoms with van der Waals surface area (Å²) in [5.41, 5.74) is 0.674. The number of hydrogen-bond donors (Lipinski definition) is 1. The van der Waals surface area contributed by atoms with Crippen molar-refractivity contribution in [3.8, 4) is 0 Å². The first-order valence-corrected chi connectivity index (χ1v) is 6.36. The van der Waals surface area contributed by atoms with Crippen LogP contribution in [0.2, 0.25) is 15.1 Å². The van der Waals surface area contributed by atoms with Gasteiger partial charge in [0, 0.05) is 10.0 Å². The fourth-order valence-corrected chi connectivity index (χ4v) is 2.18. The molecular weight excluding hydrogens is 309 g/mol. The smallest absolute Gasteiger partial charge is 0.416 e. The summed E-state index contributed by atoms with van der Waals surface area (Å²) in [6.07, 6.45) is -1.17. The lowest BCUT2D eigenvalue weighted by Crippen LogP contribution is -2.23. The SMILES string of the molecule is O=C(O)N(c1cccc(Cl)c1)c1cc(Cl)ccc1Cl. The lowest BCUT2D eigenvalue weighted by Gasteiger charge is -2.21. The van der Waals surface area contributed by atoms with Gasteiger partial charge in [0.15, 0.2) is 0 Å². The zero-order valence-corrected chi connectivity index (χ0v) is 11.7. The Morgan fingerprint density at radius 2 is 1.68 bits per heavy atom. The van der Waals surface area contributed by atoms with Crippen molar-refractivity contribution < 1.29 is 9.90 Å². The predicted octanol–water partition coefficient (Wildman–Crippen LogP) is 5.46. The summed E-state index contributed by atoms with van der Waals surface area (Å²) in [6.45, 7) is 0. The highest BCUT2D eigenvalue weighted by atomic mass is 35.5. The molecule has 3 nitrogen and oxygen atoms in total. The van der Waals surface area contributed by atoms with E-state index in [-0.39, 0.29) is 10.7 Å². The van der Waals surface area contributed by atoms with Crippen LogP contribution in [0.4, 0.5) is 16.2 Å². The molecule has 0 atom stereocenters. The summed E-state index contributed by atoms with van der Waals surface area (Å²) in [5, 5.41) is 10.5. The second-order valence-corrected chi connectivity index (χ2v) is 4.97. The molecule has 0 aromatic heterocycles. The average molecular weight is 317 g/mol. The molecule has 0 saturated carbocycles. The largest absolute Gasteiger partial charge is 0.464 e. The highest BCUT2D eigenvalue weighted by molar-refractivity contribution is 6.36. The van der Waals surface area contributed by atoms with Crippen LogP contribution >= 0.6 is 34.8 Å². The van der Waals surface area contributed by atoms with Crippen LogP contribution in [0.1, 0.15) is 0 Å². The summed E-state index contributed by atoms with van der Waals surface area (Å²) in [5.74, 6) is 0. The molecule has 0 heterocycles. The quantitative estimate of drug-likeness (QED) is 0.799. The summed E-state index contributed by atoms with van der Waals surface area (Å²) in [6, 6.07) is 11.1. The van der Waals surface area contributed by atoms with Gasteiger partial charge in [-0.15, -0.1) is 0 Å². The highest BCUT2D eigenvalue weighted by Gasteiger charge is 2.20. The lowest BCUT2D eigenvalue weighted by molar-refractivity contribution is 0.205. The lowest BCUT2D eigenvalue weighted by atomic mass is 10.2. The molecule has 1 N–H and O–H groups in total. The number of anilines is 2. The first kappa shape index (κ1) is 14.0. The van der Waals surface area contributed by atoms with Crippen molar-refractivity contribution in [2.75, 3.05) is 4.90 Å². The Balaban J connectivity index is 2.58. The molecule has 0 aliphatic rings. The maximum atomic E-state index is 11.5. The predicted molar refractivity (Wildman–Crippen MR) is 78.1 cm³/mol. The van der Waals surface area contributed by atoms with E-state index in [1.54, 1.807) is 30.3 Å². The maximum Gasteiger partial charge on any atom is 0.416 e. The summed E-state index contributed by atoms with van der Waals surface area (Å²) < 4.78 is 0. The second kappa shape index (κ2) is 5.70. The molecule has 0 aliphatic carbocycles. The average Bonchev–Trinajstić information content (AvgIpc) is 2.33. The molecule has 0 fully saturated rings. The monoisotopic (exact) mass is 315 g/mol. The fourth-order valence-electron chi connectivity index (χ4n) is 1.62. The third kappa shape index (κ3) is 3.13. The van der Waals surface area contributed by atoms with Crippen molar-refractivity contribution in [1.29, 1.82) is 0 Å². The third-order valence-corrected chi connectivity index (χ3v) is 3.20. The van der Waals surface area contributed by atoms with E-state index in [9.17, 15) is 9.90 Å². The summed E-state index contributed by atoms with van der Waals surface area (Å²) in [4.78, 5) is 12.5. The van der Waals surface area contributed by atoms with Gasteiger partial charge in [0.2, 0.25) is 0 Å². The summed E-state index contributed by atoms with van der Waals surface area (Å²) in [7, 11) is 0. The number of benzene rings is 2. The first-order chi connectivity index (χ1) is 8.99. The molecule has 0 aliphatic heterocycles. The Kier molecular flexibility index (Phi) is 4.20. The zero-order chi connectivity index (χ0) is 14.0. The molecule has 98 valence electrons. The Hall–Kier alpha value is -1.42. The van der Waals surface area contributed by atoms with E-state index < -0.39 is 6.09 Å². The van der Waals surface area contributed by atoms with Gasteiger partial charge in [-0.3, -0.25) is 0 Å². The molecule has 1 amide bonds. The molecule has 2 aromatic rings. The van der Waals surface area contributed by atoms with E-state index in [0.717, 1.165) is 4.90 Å². The van der Waals surface area contributed by atoms with Crippen molar-refractivity contribution in [1.82, 2.24) is 0 Å². The van der Waals surface area contributed by atoms with Crippen molar-refractivity contribution in [3.63, 3.8) is 0 Å². The second-order valence-electron chi connectivity index (χ2n) is 3.69. The first-order valence-electron chi connectivity index (χ1n) is 5.22. The molecule has 2 aromatic carbocycles. The molecule has 0 unspecified atom stereocenters. The topological polar surface area (TPSA) is 40.5 Å². The fraction of sp³-hybridized carbons (Fsp3) is 0. The van der Waals surface area contributed by atoms with Crippen molar-refractivity contribution in [3.05, 3.63) is 57.5 Å². The number of amides is 1. The Morgan fingerprint density at radius 1 is 1.00 bits per heavy atom. The van der Waals surface area contributed by atoms with Crippen LogP contribution in [0, 0.1) is 0 Å². The van der Waals surface area contributed by atoms with Crippen LogP contribution in [0.25, 0.3) is 0 Å².